The molecule has 0 spiro atoms. The highest BCUT2D eigenvalue weighted by Gasteiger charge is 2.35. The van der Waals surface area contributed by atoms with Gasteiger partial charge in [0.15, 0.2) is 11.2 Å². The maximum atomic E-state index is 13.0. The van der Waals surface area contributed by atoms with Gasteiger partial charge < -0.3 is 24.6 Å². The number of fused-ring (bicyclic) bond motifs is 1. The second kappa shape index (κ2) is 9.73. The van der Waals surface area contributed by atoms with E-state index in [1.54, 1.807) is 0 Å². The Bertz CT molecular complexity index is 721. The molecule has 3 rings (SSSR count). The first-order valence-electron chi connectivity index (χ1n) is 9.77. The number of benzene rings is 1. The van der Waals surface area contributed by atoms with Crippen LogP contribution in [0.5, 0.6) is 5.75 Å². The molecule has 8 heteroatoms. The van der Waals surface area contributed by atoms with Gasteiger partial charge in [0.05, 0.1) is 19.3 Å². The van der Waals surface area contributed by atoms with Gasteiger partial charge in [-0.25, -0.2) is 0 Å². The topological polar surface area (TPSA) is 71.1 Å². The van der Waals surface area contributed by atoms with Crippen LogP contribution in [-0.2, 0) is 14.3 Å². The number of esters is 1. The number of carbonyl (C=O) groups excluding carboxylic acids is 2. The summed E-state index contributed by atoms with van der Waals surface area (Å²) in [4.78, 5) is 28.0. The summed E-state index contributed by atoms with van der Waals surface area (Å²) in [6, 6.07) is 7.59. The lowest BCUT2D eigenvalue weighted by Crippen LogP contribution is -2.54. The average molecular weight is 406 g/mol. The van der Waals surface area contributed by atoms with Gasteiger partial charge in [-0.3, -0.25) is 9.59 Å². The first-order chi connectivity index (χ1) is 13.6. The summed E-state index contributed by atoms with van der Waals surface area (Å²) in [6.45, 7) is 2.50. The van der Waals surface area contributed by atoms with Crippen LogP contribution < -0.4 is 15.0 Å². The summed E-state index contributed by atoms with van der Waals surface area (Å²) in [6.07, 6.45) is 3.63. The minimum absolute atomic E-state index is 0.0210. The van der Waals surface area contributed by atoms with Crippen LogP contribution >= 0.6 is 12.2 Å². The summed E-state index contributed by atoms with van der Waals surface area (Å²) in [7, 11) is 1.38. The van der Waals surface area contributed by atoms with Crippen molar-refractivity contribution >= 4 is 34.9 Å². The fraction of sp³-hybridized carbons (Fsp3) is 0.550. The second-order valence-electron chi connectivity index (χ2n) is 6.98. The number of carbonyl (C=O) groups is 2. The van der Waals surface area contributed by atoms with Gasteiger partial charge in [0.2, 0.25) is 0 Å². The lowest BCUT2D eigenvalue weighted by molar-refractivity contribution is -0.141. The third-order valence-corrected chi connectivity index (χ3v) is 5.39. The van der Waals surface area contributed by atoms with Gasteiger partial charge in [0, 0.05) is 26.1 Å². The smallest absolute Gasteiger partial charge is 0.305 e. The Labute approximate surface area is 171 Å². The average Bonchev–Trinajstić information content (AvgIpc) is 2.75. The number of nitrogens with zero attached hydrogens (tertiary/aromatic N) is 2. The Kier molecular flexibility index (Phi) is 7.08. The van der Waals surface area contributed by atoms with Gasteiger partial charge >= 0.3 is 5.97 Å². The molecule has 1 fully saturated rings. The van der Waals surface area contributed by atoms with Crippen molar-refractivity contribution in [2.75, 3.05) is 38.2 Å². The molecule has 1 aromatic carbocycles. The van der Waals surface area contributed by atoms with Gasteiger partial charge in [-0.15, -0.1) is 0 Å². The molecule has 0 radical (unpaired) electrons. The number of amides is 1. The molecule has 7 nitrogen and oxygen atoms in total. The summed E-state index contributed by atoms with van der Waals surface area (Å²) >= 11 is 5.57. The SMILES string of the molecule is COC(=O)CCCNC(=S)N1C[C@H](C(=O)N2CCCCC2)Oc2ccccc21. The van der Waals surface area contributed by atoms with Crippen LogP contribution in [0.4, 0.5) is 5.69 Å². The number of hydrogen-bond acceptors (Lipinski definition) is 5. The number of piperidine rings is 1. The molecule has 1 N–H and O–H groups in total. The van der Waals surface area contributed by atoms with E-state index in [9.17, 15) is 9.59 Å². The molecule has 2 aliphatic heterocycles. The van der Waals surface area contributed by atoms with Crippen molar-refractivity contribution in [2.24, 2.45) is 0 Å². The maximum absolute atomic E-state index is 13.0. The van der Waals surface area contributed by atoms with Gasteiger partial charge in [-0.1, -0.05) is 12.1 Å². The quantitative estimate of drug-likeness (QED) is 0.457. The predicted molar refractivity (Wildman–Crippen MR) is 110 cm³/mol. The van der Waals surface area contributed by atoms with Crippen LogP contribution in [0, 0.1) is 0 Å². The molecule has 1 amide bonds. The summed E-state index contributed by atoms with van der Waals surface area (Å²) in [5.74, 6) is 0.437. The van der Waals surface area contributed by atoms with Crippen LogP contribution in [0.2, 0.25) is 0 Å². The van der Waals surface area contributed by atoms with Crippen molar-refractivity contribution in [3.8, 4) is 5.75 Å². The van der Waals surface area contributed by atoms with E-state index in [0.717, 1.165) is 31.6 Å². The third kappa shape index (κ3) is 4.92. The zero-order valence-corrected chi connectivity index (χ0v) is 17.0. The van der Waals surface area contributed by atoms with Crippen LogP contribution in [0.25, 0.3) is 0 Å². The Morgan fingerprint density at radius 1 is 1.25 bits per heavy atom. The van der Waals surface area contributed by atoms with E-state index in [1.807, 2.05) is 34.1 Å². The molecule has 0 bridgehead atoms. The first-order valence-corrected chi connectivity index (χ1v) is 10.2. The minimum atomic E-state index is -0.581. The normalized spacial score (nSPS) is 18.7. The van der Waals surface area contributed by atoms with E-state index >= 15 is 0 Å². The molecular formula is C20H27N3O4S. The standard InChI is InChI=1S/C20H27N3O4S/c1-26-18(24)10-7-11-21-20(28)23-14-17(19(25)22-12-5-2-6-13-22)27-16-9-4-3-8-15(16)23/h3-4,8-9,17H,2,5-7,10-14H2,1H3,(H,21,28)/t17-/m1/s1. The zero-order valence-electron chi connectivity index (χ0n) is 16.2. The van der Waals surface area contributed by atoms with E-state index in [-0.39, 0.29) is 11.9 Å². The predicted octanol–water partition coefficient (Wildman–Crippen LogP) is 2.09. The largest absolute Gasteiger partial charge is 0.476 e. The molecule has 2 heterocycles. The van der Waals surface area contributed by atoms with Gasteiger partial charge in [0.1, 0.15) is 5.75 Å². The maximum Gasteiger partial charge on any atom is 0.305 e. The third-order valence-electron chi connectivity index (χ3n) is 5.02. The Morgan fingerprint density at radius 3 is 2.75 bits per heavy atom. The van der Waals surface area contributed by atoms with Crippen molar-refractivity contribution in [1.29, 1.82) is 0 Å². The van der Waals surface area contributed by atoms with Crippen molar-refractivity contribution in [3.63, 3.8) is 0 Å². The Morgan fingerprint density at radius 2 is 2.00 bits per heavy atom. The van der Waals surface area contributed by atoms with Crippen LogP contribution in [0.1, 0.15) is 32.1 Å². The molecule has 0 aliphatic carbocycles. The number of hydrogen-bond donors (Lipinski definition) is 1. The number of methoxy groups -OCH3 is 1. The summed E-state index contributed by atoms with van der Waals surface area (Å²) < 4.78 is 10.7. The van der Waals surface area contributed by atoms with E-state index < -0.39 is 6.10 Å². The fourth-order valence-electron chi connectivity index (χ4n) is 3.50. The lowest BCUT2D eigenvalue weighted by atomic mass is 10.1. The van der Waals surface area contributed by atoms with Crippen molar-refractivity contribution < 1.29 is 19.1 Å². The van der Waals surface area contributed by atoms with Gasteiger partial charge in [-0.2, -0.15) is 0 Å². The lowest BCUT2D eigenvalue weighted by Gasteiger charge is -2.38. The monoisotopic (exact) mass is 405 g/mol. The Balaban J connectivity index is 1.66. The van der Waals surface area contributed by atoms with Crippen LogP contribution in [-0.4, -0.2) is 61.3 Å². The second-order valence-corrected chi connectivity index (χ2v) is 7.37. The number of para-hydroxylation sites is 2. The highest BCUT2D eigenvalue weighted by atomic mass is 32.1. The molecule has 0 saturated carbocycles. The van der Waals surface area contributed by atoms with E-state index in [2.05, 4.69) is 10.1 Å². The number of likely N-dealkylation sites (tertiary alicyclic amines) is 1. The zero-order chi connectivity index (χ0) is 19.9. The Hall–Kier alpha value is -2.35. The summed E-state index contributed by atoms with van der Waals surface area (Å²) in [5, 5.41) is 3.71. The number of thiocarbonyl (C=S) groups is 1. The molecule has 1 saturated heterocycles. The summed E-state index contributed by atoms with van der Waals surface area (Å²) in [5.41, 5.74) is 0.843. The number of anilines is 1. The van der Waals surface area contributed by atoms with Crippen LogP contribution in [0.3, 0.4) is 0 Å². The number of rotatable bonds is 5. The highest BCUT2D eigenvalue weighted by molar-refractivity contribution is 7.80. The molecule has 28 heavy (non-hydrogen) atoms. The van der Waals surface area contributed by atoms with E-state index in [1.165, 1.54) is 13.5 Å². The molecule has 0 unspecified atom stereocenters. The molecule has 2 aliphatic rings. The molecule has 0 aromatic heterocycles. The number of nitrogens with one attached hydrogen (secondary N) is 1. The van der Waals surface area contributed by atoms with Crippen LogP contribution in [0.15, 0.2) is 24.3 Å². The molecule has 152 valence electrons. The highest BCUT2D eigenvalue weighted by Crippen LogP contribution is 2.33. The first kappa shape index (κ1) is 20.4. The van der Waals surface area contributed by atoms with Crippen molar-refractivity contribution in [1.82, 2.24) is 10.2 Å². The minimum Gasteiger partial charge on any atom is -0.476 e. The molecule has 1 atom stereocenters. The number of ether oxygens (including phenoxy) is 2. The van der Waals surface area contributed by atoms with Crippen molar-refractivity contribution in [3.05, 3.63) is 24.3 Å². The van der Waals surface area contributed by atoms with Gasteiger partial charge in [0.25, 0.3) is 5.91 Å². The van der Waals surface area contributed by atoms with Gasteiger partial charge in [-0.05, 0) is 50.0 Å². The van der Waals surface area contributed by atoms with E-state index in [0.29, 0.717) is 36.8 Å². The van der Waals surface area contributed by atoms with E-state index in [4.69, 9.17) is 17.0 Å². The molecule has 1 aromatic rings. The van der Waals surface area contributed by atoms with Crippen molar-refractivity contribution in [2.45, 2.75) is 38.2 Å². The molecular weight excluding hydrogens is 378 g/mol. The fourth-order valence-corrected chi connectivity index (χ4v) is 3.77.